The summed E-state index contributed by atoms with van der Waals surface area (Å²) in [6.45, 7) is 3.77. The summed E-state index contributed by atoms with van der Waals surface area (Å²) in [5.74, 6) is 0.613. The number of aliphatic hydroxyl groups is 1. The van der Waals surface area contributed by atoms with Crippen LogP contribution in [0.4, 0.5) is 5.82 Å². The fourth-order valence-electron chi connectivity index (χ4n) is 2.65. The standard InChI is InChI=1S/C15H24N4O2/c1-2-7-16-14-11-17-13(10-18-14)15(21)19-8-4-3-5-12(19)6-9-20/h10-12,20H,2-9H2,1H3,(H,16,18). The topological polar surface area (TPSA) is 78.4 Å². The summed E-state index contributed by atoms with van der Waals surface area (Å²) in [5, 5.41) is 12.3. The first-order valence-corrected chi connectivity index (χ1v) is 7.74. The third-order valence-electron chi connectivity index (χ3n) is 3.78. The van der Waals surface area contributed by atoms with Gasteiger partial charge in [0.15, 0.2) is 0 Å². The van der Waals surface area contributed by atoms with Crippen LogP contribution < -0.4 is 5.32 Å². The van der Waals surface area contributed by atoms with Gasteiger partial charge in [-0.15, -0.1) is 0 Å². The van der Waals surface area contributed by atoms with Gasteiger partial charge in [0.1, 0.15) is 11.5 Å². The van der Waals surface area contributed by atoms with Crippen molar-refractivity contribution in [2.24, 2.45) is 0 Å². The van der Waals surface area contributed by atoms with Crippen molar-refractivity contribution in [2.45, 2.75) is 45.1 Å². The second-order valence-corrected chi connectivity index (χ2v) is 5.37. The number of hydrogen-bond acceptors (Lipinski definition) is 5. The molecule has 21 heavy (non-hydrogen) atoms. The fourth-order valence-corrected chi connectivity index (χ4v) is 2.65. The normalized spacial score (nSPS) is 18.6. The molecule has 0 spiro atoms. The lowest BCUT2D eigenvalue weighted by Gasteiger charge is -2.35. The Kier molecular flexibility index (Phi) is 5.92. The quantitative estimate of drug-likeness (QED) is 0.834. The maximum atomic E-state index is 12.5. The molecule has 6 nitrogen and oxygen atoms in total. The van der Waals surface area contributed by atoms with Gasteiger partial charge in [0.2, 0.25) is 0 Å². The SMILES string of the molecule is CCCNc1cnc(C(=O)N2CCCCC2CCO)cn1. The summed E-state index contributed by atoms with van der Waals surface area (Å²) < 4.78 is 0. The van der Waals surface area contributed by atoms with Crippen molar-refractivity contribution in [3.05, 3.63) is 18.1 Å². The van der Waals surface area contributed by atoms with Crippen LogP contribution in [0.15, 0.2) is 12.4 Å². The van der Waals surface area contributed by atoms with Crippen molar-refractivity contribution in [1.29, 1.82) is 0 Å². The molecule has 2 rings (SSSR count). The number of likely N-dealkylation sites (tertiary alicyclic amines) is 1. The molecule has 116 valence electrons. The molecule has 2 N–H and O–H groups in total. The van der Waals surface area contributed by atoms with Gasteiger partial charge in [0.05, 0.1) is 12.4 Å². The Hall–Kier alpha value is -1.69. The average Bonchev–Trinajstić information content (AvgIpc) is 2.53. The van der Waals surface area contributed by atoms with Gasteiger partial charge >= 0.3 is 0 Å². The number of anilines is 1. The van der Waals surface area contributed by atoms with Gasteiger partial charge in [0.25, 0.3) is 5.91 Å². The number of aromatic nitrogens is 2. The molecule has 2 heterocycles. The van der Waals surface area contributed by atoms with E-state index in [1.54, 1.807) is 6.20 Å². The van der Waals surface area contributed by atoms with E-state index in [0.717, 1.165) is 38.8 Å². The van der Waals surface area contributed by atoms with Crippen molar-refractivity contribution in [3.63, 3.8) is 0 Å². The van der Waals surface area contributed by atoms with Gasteiger partial charge in [-0.05, 0) is 32.1 Å². The highest BCUT2D eigenvalue weighted by Crippen LogP contribution is 2.21. The minimum atomic E-state index is -0.0808. The molecule has 1 aromatic rings. The highest BCUT2D eigenvalue weighted by molar-refractivity contribution is 5.92. The zero-order valence-corrected chi connectivity index (χ0v) is 12.6. The lowest BCUT2D eigenvalue weighted by molar-refractivity contribution is 0.0568. The molecule has 1 aliphatic heterocycles. The predicted octanol–water partition coefficient (Wildman–Crippen LogP) is 1.68. The lowest BCUT2D eigenvalue weighted by atomic mass is 9.99. The van der Waals surface area contributed by atoms with Gasteiger partial charge < -0.3 is 15.3 Å². The van der Waals surface area contributed by atoms with Crippen molar-refractivity contribution in [2.75, 3.05) is 25.0 Å². The second kappa shape index (κ2) is 7.93. The minimum absolute atomic E-state index is 0.0808. The summed E-state index contributed by atoms with van der Waals surface area (Å²) >= 11 is 0. The van der Waals surface area contributed by atoms with Gasteiger partial charge in [-0.1, -0.05) is 6.92 Å². The van der Waals surface area contributed by atoms with E-state index in [0.29, 0.717) is 17.9 Å². The Morgan fingerprint density at radius 1 is 1.43 bits per heavy atom. The molecule has 1 aliphatic rings. The molecule has 1 fully saturated rings. The van der Waals surface area contributed by atoms with Gasteiger partial charge in [-0.25, -0.2) is 9.97 Å². The summed E-state index contributed by atoms with van der Waals surface area (Å²) in [4.78, 5) is 22.8. The van der Waals surface area contributed by atoms with Crippen LogP contribution in [0, 0.1) is 0 Å². The molecule has 6 heteroatoms. The fraction of sp³-hybridized carbons (Fsp3) is 0.667. The average molecular weight is 292 g/mol. The van der Waals surface area contributed by atoms with Crippen molar-refractivity contribution in [3.8, 4) is 0 Å². The largest absolute Gasteiger partial charge is 0.396 e. The van der Waals surface area contributed by atoms with Crippen LogP contribution in [0.2, 0.25) is 0 Å². The van der Waals surface area contributed by atoms with E-state index in [2.05, 4.69) is 22.2 Å². The summed E-state index contributed by atoms with van der Waals surface area (Å²) in [7, 11) is 0. The zero-order valence-electron chi connectivity index (χ0n) is 12.6. The van der Waals surface area contributed by atoms with Crippen LogP contribution in [0.5, 0.6) is 0 Å². The molecule has 1 saturated heterocycles. The van der Waals surface area contributed by atoms with E-state index in [1.807, 2.05) is 4.90 Å². The number of carbonyl (C=O) groups excluding carboxylic acids is 1. The molecule has 1 atom stereocenters. The summed E-state index contributed by atoms with van der Waals surface area (Å²) in [6.07, 6.45) is 7.86. The molecular weight excluding hydrogens is 268 g/mol. The van der Waals surface area contributed by atoms with E-state index in [9.17, 15) is 4.79 Å². The van der Waals surface area contributed by atoms with Crippen LogP contribution in [-0.4, -0.2) is 51.6 Å². The first-order chi connectivity index (χ1) is 10.3. The molecule has 1 aromatic heterocycles. The van der Waals surface area contributed by atoms with Gasteiger partial charge in [0, 0.05) is 25.7 Å². The number of aliphatic hydroxyl groups excluding tert-OH is 1. The van der Waals surface area contributed by atoms with Gasteiger partial charge in [-0.2, -0.15) is 0 Å². The Balaban J connectivity index is 2.03. The Morgan fingerprint density at radius 3 is 2.95 bits per heavy atom. The molecule has 0 aromatic carbocycles. The first kappa shape index (κ1) is 15.7. The highest BCUT2D eigenvalue weighted by atomic mass is 16.3. The third kappa shape index (κ3) is 4.14. The van der Waals surface area contributed by atoms with E-state index >= 15 is 0 Å². The number of piperidine rings is 1. The maximum absolute atomic E-state index is 12.5. The third-order valence-corrected chi connectivity index (χ3v) is 3.78. The summed E-state index contributed by atoms with van der Waals surface area (Å²) in [5.41, 5.74) is 0.377. The number of hydrogen-bond donors (Lipinski definition) is 2. The molecule has 0 bridgehead atoms. The summed E-state index contributed by atoms with van der Waals surface area (Å²) in [6, 6.07) is 0.121. The molecule has 0 radical (unpaired) electrons. The number of nitrogens with one attached hydrogen (secondary N) is 1. The van der Waals surface area contributed by atoms with Gasteiger partial charge in [-0.3, -0.25) is 4.79 Å². The Labute approximate surface area is 125 Å². The van der Waals surface area contributed by atoms with Crippen LogP contribution in [0.3, 0.4) is 0 Å². The van der Waals surface area contributed by atoms with E-state index in [4.69, 9.17) is 5.11 Å². The second-order valence-electron chi connectivity index (χ2n) is 5.37. The molecular formula is C15H24N4O2. The zero-order chi connectivity index (χ0) is 15.1. The first-order valence-electron chi connectivity index (χ1n) is 7.74. The molecule has 0 saturated carbocycles. The highest BCUT2D eigenvalue weighted by Gasteiger charge is 2.27. The van der Waals surface area contributed by atoms with Crippen LogP contribution in [-0.2, 0) is 0 Å². The molecule has 1 amide bonds. The van der Waals surface area contributed by atoms with Crippen molar-refractivity contribution < 1.29 is 9.90 Å². The molecule has 0 aliphatic carbocycles. The Bertz CT molecular complexity index is 447. The number of amides is 1. The smallest absolute Gasteiger partial charge is 0.274 e. The number of rotatable bonds is 6. The Morgan fingerprint density at radius 2 is 2.29 bits per heavy atom. The maximum Gasteiger partial charge on any atom is 0.274 e. The van der Waals surface area contributed by atoms with Crippen molar-refractivity contribution in [1.82, 2.24) is 14.9 Å². The van der Waals surface area contributed by atoms with E-state index < -0.39 is 0 Å². The lowest BCUT2D eigenvalue weighted by Crippen LogP contribution is -2.44. The number of carbonyl (C=O) groups is 1. The van der Waals surface area contributed by atoms with Crippen LogP contribution in [0.1, 0.15) is 49.5 Å². The van der Waals surface area contributed by atoms with Crippen molar-refractivity contribution >= 4 is 11.7 Å². The van der Waals surface area contributed by atoms with Crippen LogP contribution >= 0.6 is 0 Å². The van der Waals surface area contributed by atoms with E-state index in [-0.39, 0.29) is 18.6 Å². The van der Waals surface area contributed by atoms with Crippen LogP contribution in [0.25, 0.3) is 0 Å². The number of nitrogens with zero attached hydrogens (tertiary/aromatic N) is 3. The predicted molar refractivity (Wildman–Crippen MR) is 81.2 cm³/mol. The molecule has 1 unspecified atom stereocenters. The van der Waals surface area contributed by atoms with E-state index in [1.165, 1.54) is 6.20 Å². The monoisotopic (exact) mass is 292 g/mol. The minimum Gasteiger partial charge on any atom is -0.396 e.